The van der Waals surface area contributed by atoms with Gasteiger partial charge in [0.15, 0.2) is 5.76 Å². The Bertz CT molecular complexity index is 747. The van der Waals surface area contributed by atoms with Gasteiger partial charge < -0.3 is 9.52 Å². The lowest BCUT2D eigenvalue weighted by atomic mass is 10.1. The van der Waals surface area contributed by atoms with Crippen molar-refractivity contribution in [3.05, 3.63) is 42.2 Å². The van der Waals surface area contributed by atoms with Crippen LogP contribution in [0.25, 0.3) is 22.4 Å². The van der Waals surface area contributed by atoms with Crippen molar-refractivity contribution in [2.24, 2.45) is 0 Å². The lowest BCUT2D eigenvalue weighted by molar-refractivity contribution is 0.248. The van der Waals surface area contributed by atoms with Crippen LogP contribution < -0.4 is 0 Å². The Kier molecular flexibility index (Phi) is 2.91. The van der Waals surface area contributed by atoms with E-state index >= 15 is 0 Å². The van der Waals surface area contributed by atoms with Crippen molar-refractivity contribution < 1.29 is 9.52 Å². The summed E-state index contributed by atoms with van der Waals surface area (Å²) in [5.74, 6) is 1.24. The highest BCUT2D eigenvalue weighted by atomic mass is 16.4. The van der Waals surface area contributed by atoms with Crippen molar-refractivity contribution >= 4 is 10.9 Å². The van der Waals surface area contributed by atoms with Crippen molar-refractivity contribution in [2.45, 2.75) is 32.9 Å². The summed E-state index contributed by atoms with van der Waals surface area (Å²) in [7, 11) is 0. The van der Waals surface area contributed by atoms with E-state index in [9.17, 15) is 0 Å². The molecular formula is C16H18N2O2. The molecule has 4 nitrogen and oxygen atoms in total. The second-order valence-corrected chi connectivity index (χ2v) is 5.87. The van der Waals surface area contributed by atoms with E-state index in [-0.39, 0.29) is 12.1 Å². The summed E-state index contributed by atoms with van der Waals surface area (Å²) >= 11 is 0. The molecule has 0 aliphatic heterocycles. The van der Waals surface area contributed by atoms with Gasteiger partial charge in [-0.05, 0) is 39.0 Å². The Balaban J connectivity index is 2.26. The van der Waals surface area contributed by atoms with E-state index in [1.54, 1.807) is 6.07 Å². The van der Waals surface area contributed by atoms with E-state index in [4.69, 9.17) is 14.6 Å². The third-order valence-corrected chi connectivity index (χ3v) is 3.27. The molecule has 20 heavy (non-hydrogen) atoms. The number of hydrogen-bond acceptors (Lipinski definition) is 3. The SMILES string of the molecule is CC(C)(C)n1nc(-c2ccc(CO)o2)c2ccccc21. The Morgan fingerprint density at radius 2 is 1.90 bits per heavy atom. The van der Waals surface area contributed by atoms with Crippen molar-refractivity contribution in [2.75, 3.05) is 0 Å². The van der Waals surface area contributed by atoms with E-state index in [2.05, 4.69) is 26.8 Å². The molecular weight excluding hydrogens is 252 g/mol. The van der Waals surface area contributed by atoms with Gasteiger partial charge in [-0.15, -0.1) is 0 Å². The van der Waals surface area contributed by atoms with Crippen LogP contribution in [0.1, 0.15) is 26.5 Å². The van der Waals surface area contributed by atoms with Gasteiger partial charge in [0.1, 0.15) is 18.1 Å². The van der Waals surface area contributed by atoms with E-state index in [1.807, 2.05) is 28.9 Å². The maximum atomic E-state index is 9.13. The second-order valence-electron chi connectivity index (χ2n) is 5.87. The standard InChI is InChI=1S/C16H18N2O2/c1-16(2,3)18-13-7-5-4-6-12(13)15(17-18)14-9-8-11(10-19)20-14/h4-9,19H,10H2,1-3H3. The number of furan rings is 1. The van der Waals surface area contributed by atoms with E-state index in [1.165, 1.54) is 0 Å². The van der Waals surface area contributed by atoms with Crippen molar-refractivity contribution in [3.63, 3.8) is 0 Å². The zero-order valence-electron chi connectivity index (χ0n) is 11.9. The quantitative estimate of drug-likeness (QED) is 0.774. The van der Waals surface area contributed by atoms with Crippen LogP contribution in [0.15, 0.2) is 40.8 Å². The maximum absolute atomic E-state index is 9.13. The minimum absolute atomic E-state index is 0.0993. The van der Waals surface area contributed by atoms with Crippen LogP contribution in [0.3, 0.4) is 0 Å². The molecule has 2 aromatic heterocycles. The lowest BCUT2D eigenvalue weighted by Crippen LogP contribution is -2.22. The number of para-hydroxylation sites is 1. The fourth-order valence-electron chi connectivity index (χ4n) is 2.35. The summed E-state index contributed by atoms with van der Waals surface area (Å²) in [5, 5.41) is 14.9. The number of nitrogens with zero attached hydrogens (tertiary/aromatic N) is 2. The van der Waals surface area contributed by atoms with Crippen LogP contribution >= 0.6 is 0 Å². The van der Waals surface area contributed by atoms with Gasteiger partial charge in [0.25, 0.3) is 0 Å². The molecule has 0 amide bonds. The first-order chi connectivity index (χ1) is 9.50. The molecule has 1 N–H and O–H groups in total. The fraction of sp³-hybridized carbons (Fsp3) is 0.312. The molecule has 1 aromatic carbocycles. The monoisotopic (exact) mass is 270 g/mol. The lowest BCUT2D eigenvalue weighted by Gasteiger charge is -2.20. The summed E-state index contributed by atoms with van der Waals surface area (Å²) in [6.45, 7) is 6.27. The second kappa shape index (κ2) is 4.49. The largest absolute Gasteiger partial charge is 0.457 e. The summed E-state index contributed by atoms with van der Waals surface area (Å²) in [6, 6.07) is 11.7. The molecule has 104 valence electrons. The van der Waals surface area contributed by atoms with Gasteiger partial charge in [0, 0.05) is 5.39 Å². The van der Waals surface area contributed by atoms with E-state index in [0.29, 0.717) is 11.5 Å². The Morgan fingerprint density at radius 1 is 1.15 bits per heavy atom. The number of fused-ring (bicyclic) bond motifs is 1. The molecule has 0 unspecified atom stereocenters. The Morgan fingerprint density at radius 3 is 2.55 bits per heavy atom. The van der Waals surface area contributed by atoms with Gasteiger partial charge >= 0.3 is 0 Å². The molecule has 0 radical (unpaired) electrons. The number of benzene rings is 1. The minimum atomic E-state index is -0.107. The van der Waals surface area contributed by atoms with Crippen LogP contribution in [-0.2, 0) is 12.1 Å². The number of rotatable bonds is 2. The highest BCUT2D eigenvalue weighted by molar-refractivity contribution is 5.92. The fourth-order valence-corrected chi connectivity index (χ4v) is 2.35. The van der Waals surface area contributed by atoms with E-state index in [0.717, 1.165) is 16.6 Å². The van der Waals surface area contributed by atoms with Gasteiger partial charge in [0.05, 0.1) is 11.1 Å². The molecule has 0 aliphatic carbocycles. The molecule has 0 spiro atoms. The summed E-state index contributed by atoms with van der Waals surface area (Å²) in [6.07, 6.45) is 0. The highest BCUT2D eigenvalue weighted by Gasteiger charge is 2.21. The topological polar surface area (TPSA) is 51.2 Å². The number of hydrogen-bond donors (Lipinski definition) is 1. The smallest absolute Gasteiger partial charge is 0.155 e. The van der Waals surface area contributed by atoms with Gasteiger partial charge in [-0.1, -0.05) is 18.2 Å². The predicted molar refractivity (Wildman–Crippen MR) is 78.4 cm³/mol. The van der Waals surface area contributed by atoms with Gasteiger partial charge in [-0.3, -0.25) is 4.68 Å². The summed E-state index contributed by atoms with van der Waals surface area (Å²) < 4.78 is 7.64. The zero-order valence-corrected chi connectivity index (χ0v) is 11.9. The Hall–Kier alpha value is -2.07. The molecule has 0 bridgehead atoms. The van der Waals surface area contributed by atoms with E-state index < -0.39 is 0 Å². The first-order valence-corrected chi connectivity index (χ1v) is 6.69. The summed E-state index contributed by atoms with van der Waals surface area (Å²) in [5.41, 5.74) is 1.79. The average molecular weight is 270 g/mol. The number of aliphatic hydroxyl groups excluding tert-OH is 1. The van der Waals surface area contributed by atoms with Crippen molar-refractivity contribution in [1.82, 2.24) is 9.78 Å². The van der Waals surface area contributed by atoms with Gasteiger partial charge in [0.2, 0.25) is 0 Å². The molecule has 4 heteroatoms. The number of aromatic nitrogens is 2. The van der Waals surface area contributed by atoms with Crippen LogP contribution in [0, 0.1) is 0 Å². The van der Waals surface area contributed by atoms with Gasteiger partial charge in [-0.25, -0.2) is 0 Å². The average Bonchev–Trinajstić information content (AvgIpc) is 3.01. The Labute approximate surface area is 117 Å². The molecule has 0 saturated heterocycles. The highest BCUT2D eigenvalue weighted by Crippen LogP contribution is 2.32. The third kappa shape index (κ3) is 2.02. The normalized spacial score (nSPS) is 12.2. The number of aliphatic hydroxyl groups is 1. The molecule has 0 aliphatic rings. The van der Waals surface area contributed by atoms with Crippen molar-refractivity contribution in [1.29, 1.82) is 0 Å². The van der Waals surface area contributed by atoms with Crippen molar-refractivity contribution in [3.8, 4) is 11.5 Å². The maximum Gasteiger partial charge on any atom is 0.155 e. The molecule has 3 rings (SSSR count). The molecule has 2 heterocycles. The molecule has 0 fully saturated rings. The third-order valence-electron chi connectivity index (χ3n) is 3.27. The van der Waals surface area contributed by atoms with Crippen LogP contribution in [0.5, 0.6) is 0 Å². The summed E-state index contributed by atoms with van der Waals surface area (Å²) in [4.78, 5) is 0. The minimum Gasteiger partial charge on any atom is -0.457 e. The molecule has 0 saturated carbocycles. The molecule has 0 atom stereocenters. The van der Waals surface area contributed by atoms with Crippen LogP contribution in [0.4, 0.5) is 0 Å². The zero-order chi connectivity index (χ0) is 14.3. The van der Waals surface area contributed by atoms with Crippen LogP contribution in [-0.4, -0.2) is 14.9 Å². The first-order valence-electron chi connectivity index (χ1n) is 6.69. The van der Waals surface area contributed by atoms with Crippen LogP contribution in [0.2, 0.25) is 0 Å². The molecule has 3 aromatic rings. The predicted octanol–water partition coefficient (Wildman–Crippen LogP) is 3.54. The van der Waals surface area contributed by atoms with Gasteiger partial charge in [-0.2, -0.15) is 5.10 Å². The first kappa shape index (κ1) is 12.9.